The van der Waals surface area contributed by atoms with E-state index in [9.17, 15) is 5.11 Å². The first-order valence-electron chi connectivity index (χ1n) is 4.09. The molecule has 0 aromatic rings. The van der Waals surface area contributed by atoms with Crippen LogP contribution in [0.5, 0.6) is 0 Å². The summed E-state index contributed by atoms with van der Waals surface area (Å²) in [5.74, 6) is 0.463. The molecule has 1 fully saturated rings. The van der Waals surface area contributed by atoms with Crippen molar-refractivity contribution in [3.05, 3.63) is 12.7 Å². The molecule has 1 aliphatic carbocycles. The van der Waals surface area contributed by atoms with Crippen LogP contribution in [-0.2, 0) is 0 Å². The molecule has 10 heavy (non-hydrogen) atoms. The molecule has 1 saturated carbocycles. The molecule has 0 aromatic carbocycles. The summed E-state index contributed by atoms with van der Waals surface area (Å²) in [6.07, 6.45) is 6.02. The molecule has 1 aliphatic rings. The minimum Gasteiger partial charge on any atom is -0.386 e. The van der Waals surface area contributed by atoms with Crippen molar-refractivity contribution in [2.24, 2.45) is 5.92 Å². The van der Waals surface area contributed by atoms with Gasteiger partial charge in [-0.3, -0.25) is 0 Å². The van der Waals surface area contributed by atoms with E-state index in [4.69, 9.17) is 0 Å². The van der Waals surface area contributed by atoms with Gasteiger partial charge in [-0.05, 0) is 25.2 Å². The van der Waals surface area contributed by atoms with E-state index >= 15 is 0 Å². The van der Waals surface area contributed by atoms with Gasteiger partial charge < -0.3 is 5.11 Å². The molecule has 1 N–H and O–H groups in total. The van der Waals surface area contributed by atoms with E-state index in [1.807, 2.05) is 0 Å². The van der Waals surface area contributed by atoms with Gasteiger partial charge in [-0.25, -0.2) is 0 Å². The zero-order valence-electron chi connectivity index (χ0n) is 6.64. The van der Waals surface area contributed by atoms with Crippen LogP contribution in [0.3, 0.4) is 0 Å². The van der Waals surface area contributed by atoms with Crippen LogP contribution in [0.4, 0.5) is 0 Å². The lowest BCUT2D eigenvalue weighted by atomic mass is 9.89. The molecule has 2 atom stereocenters. The molecule has 0 heterocycles. The summed E-state index contributed by atoms with van der Waals surface area (Å²) in [7, 11) is 0. The highest BCUT2D eigenvalue weighted by atomic mass is 16.3. The minimum atomic E-state index is -0.533. The van der Waals surface area contributed by atoms with Crippen molar-refractivity contribution in [3.63, 3.8) is 0 Å². The van der Waals surface area contributed by atoms with E-state index in [2.05, 4.69) is 13.5 Å². The first-order valence-corrected chi connectivity index (χ1v) is 4.09. The van der Waals surface area contributed by atoms with Gasteiger partial charge in [-0.15, -0.1) is 6.58 Å². The van der Waals surface area contributed by atoms with Gasteiger partial charge in [0.15, 0.2) is 0 Å². The zero-order chi connectivity index (χ0) is 7.61. The lowest BCUT2D eigenvalue weighted by Gasteiger charge is -2.25. The maximum atomic E-state index is 9.84. The van der Waals surface area contributed by atoms with E-state index in [1.165, 1.54) is 6.42 Å². The molecule has 0 saturated heterocycles. The third-order valence-electron chi connectivity index (χ3n) is 2.68. The SMILES string of the molecule is C=CC1(O)CCCC1CC. The molecule has 0 aliphatic heterocycles. The fourth-order valence-corrected chi connectivity index (χ4v) is 1.91. The molecule has 0 radical (unpaired) electrons. The van der Waals surface area contributed by atoms with Crippen molar-refractivity contribution >= 4 is 0 Å². The second kappa shape index (κ2) is 2.75. The Kier molecular flexibility index (Phi) is 2.14. The molecule has 58 valence electrons. The van der Waals surface area contributed by atoms with Crippen molar-refractivity contribution in [1.82, 2.24) is 0 Å². The van der Waals surface area contributed by atoms with Crippen LogP contribution in [0.25, 0.3) is 0 Å². The second-order valence-corrected chi connectivity index (χ2v) is 3.19. The smallest absolute Gasteiger partial charge is 0.0853 e. The average Bonchev–Trinajstić information content (AvgIpc) is 2.32. The second-order valence-electron chi connectivity index (χ2n) is 3.19. The highest BCUT2D eigenvalue weighted by Gasteiger charge is 2.36. The van der Waals surface area contributed by atoms with Gasteiger partial charge in [0.1, 0.15) is 0 Å². The Morgan fingerprint density at radius 1 is 1.80 bits per heavy atom. The van der Waals surface area contributed by atoms with Gasteiger partial charge in [0.25, 0.3) is 0 Å². The molecule has 0 aromatic heterocycles. The van der Waals surface area contributed by atoms with Crippen molar-refractivity contribution in [2.75, 3.05) is 0 Å². The molecular formula is C9H16O. The predicted molar refractivity (Wildman–Crippen MR) is 42.8 cm³/mol. The molecule has 2 unspecified atom stereocenters. The quantitative estimate of drug-likeness (QED) is 0.582. The number of hydrogen-bond acceptors (Lipinski definition) is 1. The van der Waals surface area contributed by atoms with E-state index in [1.54, 1.807) is 6.08 Å². The summed E-state index contributed by atoms with van der Waals surface area (Å²) in [6, 6.07) is 0. The van der Waals surface area contributed by atoms with Crippen LogP contribution in [0.1, 0.15) is 32.6 Å². The van der Waals surface area contributed by atoms with Crippen LogP contribution in [0, 0.1) is 5.92 Å². The fourth-order valence-electron chi connectivity index (χ4n) is 1.91. The summed E-state index contributed by atoms with van der Waals surface area (Å²) >= 11 is 0. The van der Waals surface area contributed by atoms with Gasteiger partial charge in [0, 0.05) is 0 Å². The first-order chi connectivity index (χ1) is 4.73. The number of aliphatic hydroxyl groups is 1. The summed E-state index contributed by atoms with van der Waals surface area (Å²) in [4.78, 5) is 0. The van der Waals surface area contributed by atoms with E-state index in [0.29, 0.717) is 5.92 Å². The van der Waals surface area contributed by atoms with Crippen molar-refractivity contribution in [1.29, 1.82) is 0 Å². The van der Waals surface area contributed by atoms with Gasteiger partial charge in [0.05, 0.1) is 5.60 Å². The maximum absolute atomic E-state index is 9.84. The number of rotatable bonds is 2. The van der Waals surface area contributed by atoms with E-state index in [-0.39, 0.29) is 0 Å². The molecular weight excluding hydrogens is 124 g/mol. The van der Waals surface area contributed by atoms with Crippen molar-refractivity contribution < 1.29 is 5.11 Å². The third kappa shape index (κ3) is 1.10. The average molecular weight is 140 g/mol. The fraction of sp³-hybridized carbons (Fsp3) is 0.778. The molecule has 1 heteroatoms. The molecule has 0 bridgehead atoms. The zero-order valence-corrected chi connectivity index (χ0v) is 6.64. The lowest BCUT2D eigenvalue weighted by molar-refractivity contribution is 0.0498. The predicted octanol–water partition coefficient (Wildman–Crippen LogP) is 2.11. The summed E-state index contributed by atoms with van der Waals surface area (Å²) in [5.41, 5.74) is -0.533. The Balaban J connectivity index is 2.65. The van der Waals surface area contributed by atoms with Crippen LogP contribution in [0.2, 0.25) is 0 Å². The van der Waals surface area contributed by atoms with Gasteiger partial charge in [-0.2, -0.15) is 0 Å². The Bertz CT molecular complexity index is 131. The summed E-state index contributed by atoms with van der Waals surface area (Å²) in [6.45, 7) is 5.79. The molecule has 1 nitrogen and oxygen atoms in total. The van der Waals surface area contributed by atoms with Crippen LogP contribution >= 0.6 is 0 Å². The minimum absolute atomic E-state index is 0.463. The van der Waals surface area contributed by atoms with Crippen LogP contribution < -0.4 is 0 Å². The molecule has 1 rings (SSSR count). The third-order valence-corrected chi connectivity index (χ3v) is 2.68. The van der Waals surface area contributed by atoms with Gasteiger partial charge in [0.2, 0.25) is 0 Å². The summed E-state index contributed by atoms with van der Waals surface area (Å²) < 4.78 is 0. The monoisotopic (exact) mass is 140 g/mol. The van der Waals surface area contributed by atoms with Gasteiger partial charge >= 0.3 is 0 Å². The first kappa shape index (κ1) is 7.80. The van der Waals surface area contributed by atoms with Crippen molar-refractivity contribution in [2.45, 2.75) is 38.2 Å². The largest absolute Gasteiger partial charge is 0.386 e. The summed E-state index contributed by atoms with van der Waals surface area (Å²) in [5, 5.41) is 9.84. The molecule has 0 amide bonds. The Morgan fingerprint density at radius 3 is 2.90 bits per heavy atom. The van der Waals surface area contributed by atoms with Crippen LogP contribution in [-0.4, -0.2) is 10.7 Å². The van der Waals surface area contributed by atoms with Crippen LogP contribution in [0.15, 0.2) is 12.7 Å². The number of hydrogen-bond donors (Lipinski definition) is 1. The van der Waals surface area contributed by atoms with Gasteiger partial charge in [-0.1, -0.05) is 19.4 Å². The standard InChI is InChI=1S/C9H16O/c1-3-8-6-5-7-9(8,10)4-2/h4,8,10H,2-3,5-7H2,1H3. The van der Waals surface area contributed by atoms with E-state index in [0.717, 1.165) is 19.3 Å². The highest BCUT2D eigenvalue weighted by molar-refractivity contribution is 5.03. The Hall–Kier alpha value is -0.300. The van der Waals surface area contributed by atoms with E-state index < -0.39 is 5.60 Å². The van der Waals surface area contributed by atoms with Crippen molar-refractivity contribution in [3.8, 4) is 0 Å². The Morgan fingerprint density at radius 2 is 2.50 bits per heavy atom. The lowest BCUT2D eigenvalue weighted by Crippen LogP contribution is -2.29. The normalized spacial score (nSPS) is 40.0. The maximum Gasteiger partial charge on any atom is 0.0853 e. The topological polar surface area (TPSA) is 20.2 Å². The molecule has 0 spiro atoms. The highest BCUT2D eigenvalue weighted by Crippen LogP contribution is 2.38. The Labute approximate surface area is 62.8 Å².